The molecule has 5 rings (SSSR count). The lowest BCUT2D eigenvalue weighted by Crippen LogP contribution is -2.35. The second-order valence-corrected chi connectivity index (χ2v) is 8.59. The topological polar surface area (TPSA) is 64.4 Å². The van der Waals surface area contributed by atoms with E-state index in [-0.39, 0.29) is 23.4 Å². The predicted molar refractivity (Wildman–Crippen MR) is 108 cm³/mol. The Morgan fingerprint density at radius 1 is 1.31 bits per heavy atom. The zero-order valence-electron chi connectivity index (χ0n) is 15.8. The van der Waals surface area contributed by atoms with Crippen molar-refractivity contribution in [2.75, 3.05) is 13.2 Å². The van der Waals surface area contributed by atoms with E-state index in [2.05, 4.69) is 4.98 Å². The first-order chi connectivity index (χ1) is 14.1. The molecule has 2 aromatic heterocycles. The summed E-state index contributed by atoms with van der Waals surface area (Å²) in [5.74, 6) is -0.491. The van der Waals surface area contributed by atoms with Crippen LogP contribution in [0.25, 0.3) is 10.2 Å². The summed E-state index contributed by atoms with van der Waals surface area (Å²) in [5.41, 5.74) is 1.45. The van der Waals surface area contributed by atoms with Crippen LogP contribution in [0.1, 0.15) is 33.6 Å². The fourth-order valence-corrected chi connectivity index (χ4v) is 5.30. The van der Waals surface area contributed by atoms with Gasteiger partial charge in [-0.1, -0.05) is 0 Å². The van der Waals surface area contributed by atoms with Gasteiger partial charge in [0.2, 0.25) is 0 Å². The zero-order chi connectivity index (χ0) is 20.0. The van der Waals surface area contributed by atoms with Crippen LogP contribution in [0.15, 0.2) is 35.4 Å². The molecule has 1 saturated heterocycles. The van der Waals surface area contributed by atoms with Crippen LogP contribution >= 0.6 is 11.3 Å². The number of hydrogen-bond acceptors (Lipinski definition) is 5. The van der Waals surface area contributed by atoms with Crippen molar-refractivity contribution in [1.82, 2.24) is 14.5 Å². The molecule has 0 N–H and O–H groups in total. The van der Waals surface area contributed by atoms with Crippen LogP contribution in [0.4, 0.5) is 4.39 Å². The van der Waals surface area contributed by atoms with Crippen molar-refractivity contribution in [1.29, 1.82) is 0 Å². The Morgan fingerprint density at radius 2 is 2.14 bits per heavy atom. The summed E-state index contributed by atoms with van der Waals surface area (Å²) >= 11 is 1.47. The lowest BCUT2D eigenvalue weighted by atomic mass is 10.0. The van der Waals surface area contributed by atoms with E-state index in [0.29, 0.717) is 37.0 Å². The molecule has 3 aromatic rings. The molecule has 0 aliphatic carbocycles. The molecule has 8 heteroatoms. The summed E-state index contributed by atoms with van der Waals surface area (Å²) < 4.78 is 20.4. The van der Waals surface area contributed by atoms with Crippen LogP contribution in [0, 0.1) is 5.82 Å². The van der Waals surface area contributed by atoms with Crippen LogP contribution in [-0.2, 0) is 24.2 Å². The highest BCUT2D eigenvalue weighted by molar-refractivity contribution is 7.18. The Balaban J connectivity index is 1.43. The number of fused-ring (bicyclic) bond motifs is 3. The van der Waals surface area contributed by atoms with E-state index in [9.17, 15) is 14.0 Å². The fraction of sp³-hybridized carbons (Fsp3) is 0.381. The largest absolute Gasteiger partial charge is 0.376 e. The van der Waals surface area contributed by atoms with Gasteiger partial charge in [0.05, 0.1) is 30.9 Å². The number of hydrogen-bond donors (Lipinski definition) is 0. The lowest BCUT2D eigenvalue weighted by molar-refractivity contribution is 0.0737. The molecule has 0 saturated carbocycles. The fourth-order valence-electron chi connectivity index (χ4n) is 4.10. The average molecular weight is 413 g/mol. The maximum atomic E-state index is 13.1. The van der Waals surface area contributed by atoms with Crippen LogP contribution in [0.2, 0.25) is 0 Å². The molecule has 0 radical (unpaired) electrons. The minimum Gasteiger partial charge on any atom is -0.376 e. The Kier molecular flexibility index (Phi) is 4.67. The van der Waals surface area contributed by atoms with Gasteiger partial charge in [-0.3, -0.25) is 14.2 Å². The Bertz CT molecular complexity index is 1130. The SMILES string of the molecule is O=C(c1ccc(F)cc1)N1CCc2c(sc3ncn(CC4CCCO4)c(=O)c23)C1. The predicted octanol–water partition coefficient (Wildman–Crippen LogP) is 2.97. The molecule has 2 aliphatic rings. The molecule has 0 spiro atoms. The van der Waals surface area contributed by atoms with E-state index in [1.165, 1.54) is 35.6 Å². The molecule has 1 aromatic carbocycles. The molecule has 1 fully saturated rings. The number of halogens is 1. The highest BCUT2D eigenvalue weighted by Crippen LogP contribution is 2.32. The summed E-state index contributed by atoms with van der Waals surface area (Å²) in [4.78, 5) is 33.8. The third-order valence-corrected chi connectivity index (χ3v) is 6.75. The Labute approximate surface area is 170 Å². The maximum absolute atomic E-state index is 13.1. The number of carbonyl (C=O) groups is 1. The van der Waals surface area contributed by atoms with Crippen molar-refractivity contribution in [2.24, 2.45) is 0 Å². The third-order valence-electron chi connectivity index (χ3n) is 5.63. The summed E-state index contributed by atoms with van der Waals surface area (Å²) in [5, 5.41) is 0.680. The summed E-state index contributed by atoms with van der Waals surface area (Å²) in [7, 11) is 0. The first kappa shape index (κ1) is 18.4. The Hall–Kier alpha value is -2.58. The van der Waals surface area contributed by atoms with Gasteiger partial charge in [0.25, 0.3) is 11.5 Å². The number of ether oxygens (including phenoxy) is 1. The van der Waals surface area contributed by atoms with Crippen LogP contribution < -0.4 is 5.56 Å². The van der Waals surface area contributed by atoms with Crippen LogP contribution in [0.5, 0.6) is 0 Å². The number of thiophene rings is 1. The van der Waals surface area contributed by atoms with Gasteiger partial charge < -0.3 is 9.64 Å². The van der Waals surface area contributed by atoms with Crippen LogP contribution in [0.3, 0.4) is 0 Å². The molecular formula is C21H20FN3O3S. The van der Waals surface area contributed by atoms with Crippen molar-refractivity contribution in [3.05, 3.63) is 62.8 Å². The molecule has 1 amide bonds. The van der Waals surface area contributed by atoms with E-state index in [1.807, 2.05) is 0 Å². The number of amides is 1. The molecule has 0 bridgehead atoms. The minimum atomic E-state index is -0.364. The normalized spacial score (nSPS) is 18.9. The van der Waals surface area contributed by atoms with Gasteiger partial charge in [0.15, 0.2) is 0 Å². The number of carbonyl (C=O) groups excluding carboxylic acids is 1. The number of nitrogens with zero attached hydrogens (tertiary/aromatic N) is 3. The van der Waals surface area contributed by atoms with Gasteiger partial charge in [0.1, 0.15) is 10.6 Å². The quantitative estimate of drug-likeness (QED) is 0.662. The maximum Gasteiger partial charge on any atom is 0.262 e. The van der Waals surface area contributed by atoms with E-state index in [0.717, 1.165) is 34.7 Å². The monoisotopic (exact) mass is 413 g/mol. The molecule has 29 heavy (non-hydrogen) atoms. The molecule has 6 nitrogen and oxygen atoms in total. The molecule has 150 valence electrons. The van der Waals surface area contributed by atoms with Crippen molar-refractivity contribution in [3.63, 3.8) is 0 Å². The van der Waals surface area contributed by atoms with Crippen LogP contribution in [-0.4, -0.2) is 39.6 Å². The standard InChI is InChI=1S/C21H20FN3O3S/c22-14-5-3-13(4-6-14)20(26)24-8-7-16-17(11-24)29-19-18(16)21(27)25(12-23-19)10-15-2-1-9-28-15/h3-6,12,15H,1-2,7-11H2. The Morgan fingerprint density at radius 3 is 2.90 bits per heavy atom. The number of rotatable bonds is 3. The van der Waals surface area contributed by atoms with Gasteiger partial charge in [-0.2, -0.15) is 0 Å². The van der Waals surface area contributed by atoms with E-state index in [1.54, 1.807) is 15.8 Å². The second kappa shape index (κ2) is 7.35. The van der Waals surface area contributed by atoms with E-state index < -0.39 is 0 Å². The highest BCUT2D eigenvalue weighted by atomic mass is 32.1. The zero-order valence-corrected chi connectivity index (χ0v) is 16.6. The minimum absolute atomic E-state index is 0.0266. The molecular weight excluding hydrogens is 393 g/mol. The number of aromatic nitrogens is 2. The van der Waals surface area contributed by atoms with Gasteiger partial charge in [0, 0.05) is 23.6 Å². The molecule has 2 aliphatic heterocycles. The van der Waals surface area contributed by atoms with Crippen molar-refractivity contribution >= 4 is 27.5 Å². The molecule has 4 heterocycles. The highest BCUT2D eigenvalue weighted by Gasteiger charge is 2.27. The smallest absolute Gasteiger partial charge is 0.262 e. The molecule has 1 atom stereocenters. The van der Waals surface area contributed by atoms with Gasteiger partial charge in [-0.05, 0) is 49.1 Å². The molecule has 1 unspecified atom stereocenters. The first-order valence-corrected chi connectivity index (χ1v) is 10.6. The van der Waals surface area contributed by atoms with E-state index in [4.69, 9.17) is 4.74 Å². The lowest BCUT2D eigenvalue weighted by Gasteiger charge is -2.27. The van der Waals surface area contributed by atoms with Gasteiger partial charge in [-0.15, -0.1) is 11.3 Å². The number of benzene rings is 1. The third kappa shape index (κ3) is 3.36. The van der Waals surface area contributed by atoms with Gasteiger partial charge >= 0.3 is 0 Å². The average Bonchev–Trinajstić information content (AvgIpc) is 3.37. The van der Waals surface area contributed by atoms with E-state index >= 15 is 0 Å². The second-order valence-electron chi connectivity index (χ2n) is 7.50. The van der Waals surface area contributed by atoms with Crippen molar-refractivity contribution < 1.29 is 13.9 Å². The summed E-state index contributed by atoms with van der Waals surface area (Å²) in [6.07, 6.45) is 4.29. The first-order valence-electron chi connectivity index (χ1n) is 9.76. The van der Waals surface area contributed by atoms with Crippen molar-refractivity contribution in [3.8, 4) is 0 Å². The van der Waals surface area contributed by atoms with Crippen molar-refractivity contribution in [2.45, 2.75) is 38.5 Å². The van der Waals surface area contributed by atoms with Gasteiger partial charge in [-0.25, -0.2) is 9.37 Å². The summed E-state index contributed by atoms with van der Waals surface area (Å²) in [6.45, 7) is 2.25. The summed E-state index contributed by atoms with van der Waals surface area (Å²) in [6, 6.07) is 5.60.